The van der Waals surface area contributed by atoms with Crippen molar-refractivity contribution in [3.63, 3.8) is 0 Å². The number of alkyl halides is 1. The third-order valence-electron chi connectivity index (χ3n) is 10.1. The summed E-state index contributed by atoms with van der Waals surface area (Å²) in [5, 5.41) is 12.8. The van der Waals surface area contributed by atoms with E-state index < -0.39 is 35.2 Å². The standard InChI is InChI=1S/C30H37FN6O5/c31-22-16-23(17-32)34(18-22)25(38)19-35(28(41)42-20-21-6-2-1-3-7-21)30-12-9-29(10-13-30,11-14-30)27(40)33-37-24-8-4-5-15-36(37)26(24)39/h1-3,6-7,22-24H,4-5,8-16,18-20H2,(H,33,40). The first-order valence-corrected chi connectivity index (χ1v) is 15.0. The highest BCUT2D eigenvalue weighted by atomic mass is 19.1. The van der Waals surface area contributed by atoms with Crippen molar-refractivity contribution in [3.05, 3.63) is 35.9 Å². The Morgan fingerprint density at radius 1 is 1.10 bits per heavy atom. The lowest BCUT2D eigenvalue weighted by atomic mass is 9.56. The zero-order valence-corrected chi connectivity index (χ0v) is 23.7. The third kappa shape index (κ3) is 4.97. The molecule has 3 atom stereocenters. The Morgan fingerprint density at radius 3 is 2.50 bits per heavy atom. The molecule has 0 radical (unpaired) electrons. The van der Waals surface area contributed by atoms with Gasteiger partial charge < -0.3 is 9.64 Å². The minimum Gasteiger partial charge on any atom is -0.445 e. The predicted molar refractivity (Wildman–Crippen MR) is 146 cm³/mol. The molecular formula is C30H37FN6O5. The lowest BCUT2D eigenvalue weighted by Crippen LogP contribution is -2.74. The number of nitrogens with zero attached hydrogens (tertiary/aromatic N) is 5. The van der Waals surface area contributed by atoms with Gasteiger partial charge in [0, 0.05) is 18.5 Å². The summed E-state index contributed by atoms with van der Waals surface area (Å²) >= 11 is 0. The molecule has 3 saturated carbocycles. The van der Waals surface area contributed by atoms with Crippen molar-refractivity contribution in [2.75, 3.05) is 19.6 Å². The van der Waals surface area contributed by atoms with Crippen molar-refractivity contribution in [3.8, 4) is 6.07 Å². The molecule has 11 nitrogen and oxygen atoms in total. The van der Waals surface area contributed by atoms with Crippen LogP contribution in [0.1, 0.15) is 69.8 Å². The van der Waals surface area contributed by atoms with Crippen LogP contribution in [-0.4, -0.2) is 87.2 Å². The highest BCUT2D eigenvalue weighted by Crippen LogP contribution is 2.55. The molecule has 1 aromatic carbocycles. The van der Waals surface area contributed by atoms with Gasteiger partial charge in [0.1, 0.15) is 31.4 Å². The van der Waals surface area contributed by atoms with Crippen LogP contribution in [0.5, 0.6) is 0 Å². The van der Waals surface area contributed by atoms with Crippen molar-refractivity contribution in [1.82, 2.24) is 25.4 Å². The minimum atomic E-state index is -1.28. The van der Waals surface area contributed by atoms with E-state index in [2.05, 4.69) is 5.43 Å². The van der Waals surface area contributed by atoms with Crippen LogP contribution in [0.4, 0.5) is 9.18 Å². The largest absolute Gasteiger partial charge is 0.445 e. The first kappa shape index (κ1) is 28.4. The van der Waals surface area contributed by atoms with Gasteiger partial charge in [-0.15, -0.1) is 5.12 Å². The molecule has 1 N–H and O–H groups in total. The normalized spacial score (nSPS) is 32.0. The molecule has 3 heterocycles. The number of benzene rings is 1. The van der Waals surface area contributed by atoms with E-state index in [4.69, 9.17) is 4.74 Å². The van der Waals surface area contributed by atoms with E-state index in [0.717, 1.165) is 24.8 Å². The van der Waals surface area contributed by atoms with Gasteiger partial charge in [0.05, 0.1) is 18.0 Å². The molecule has 4 amide bonds. The fourth-order valence-electron chi connectivity index (χ4n) is 7.46. The van der Waals surface area contributed by atoms with E-state index in [-0.39, 0.29) is 44.0 Å². The lowest BCUT2D eigenvalue weighted by Gasteiger charge is -2.57. The summed E-state index contributed by atoms with van der Waals surface area (Å²) in [6.45, 7) is 0.157. The number of halogens is 1. The van der Waals surface area contributed by atoms with Gasteiger partial charge in [-0.05, 0) is 63.4 Å². The maximum atomic E-state index is 14.1. The van der Waals surface area contributed by atoms with Gasteiger partial charge in [-0.3, -0.25) is 29.7 Å². The van der Waals surface area contributed by atoms with Crippen molar-refractivity contribution in [1.29, 1.82) is 5.26 Å². The summed E-state index contributed by atoms with van der Waals surface area (Å²) < 4.78 is 19.8. The molecule has 1 aromatic rings. The number of likely N-dealkylation sites (tertiary alicyclic amines) is 1. The summed E-state index contributed by atoms with van der Waals surface area (Å²) in [7, 11) is 0. The molecule has 0 spiro atoms. The number of nitriles is 1. The smallest absolute Gasteiger partial charge is 0.411 e. The zero-order valence-electron chi connectivity index (χ0n) is 23.7. The Hall–Kier alpha value is -3.72. The minimum absolute atomic E-state index is 0.0373. The average Bonchev–Trinajstić information content (AvgIpc) is 3.15. The Labute approximate surface area is 244 Å². The SMILES string of the molecule is N#CC1CC(F)CN1C(=O)CN(C(=O)OCc1ccccc1)C12CCC(C(=O)NN3C4CCCCN3C4=O)(CC1)CC2. The number of ether oxygens (including phenoxy) is 1. The van der Waals surface area contributed by atoms with Crippen LogP contribution in [0.2, 0.25) is 0 Å². The summed E-state index contributed by atoms with van der Waals surface area (Å²) in [5.74, 6) is -0.522. The Balaban J connectivity index is 1.16. The van der Waals surface area contributed by atoms with Crippen molar-refractivity contribution in [2.24, 2.45) is 5.41 Å². The summed E-state index contributed by atoms with van der Waals surface area (Å²) in [5.41, 5.74) is 2.54. The second-order valence-corrected chi connectivity index (χ2v) is 12.4. The van der Waals surface area contributed by atoms with Crippen molar-refractivity contribution >= 4 is 23.8 Å². The quantitative estimate of drug-likeness (QED) is 0.526. The van der Waals surface area contributed by atoms with Gasteiger partial charge in [-0.2, -0.15) is 5.26 Å². The van der Waals surface area contributed by atoms with Gasteiger partial charge >= 0.3 is 6.09 Å². The molecule has 3 aliphatic heterocycles. The van der Waals surface area contributed by atoms with Gasteiger partial charge in [0.25, 0.3) is 5.91 Å². The van der Waals surface area contributed by atoms with Gasteiger partial charge in [-0.1, -0.05) is 30.3 Å². The number of hydrogen-bond acceptors (Lipinski definition) is 7. The zero-order chi connectivity index (χ0) is 29.5. The van der Waals surface area contributed by atoms with E-state index in [1.807, 2.05) is 36.4 Å². The van der Waals surface area contributed by atoms with E-state index in [0.29, 0.717) is 45.1 Å². The molecule has 4 bridgehead atoms. The number of nitrogens with one attached hydrogen (secondary N) is 1. The molecule has 42 heavy (non-hydrogen) atoms. The maximum absolute atomic E-state index is 14.1. The summed E-state index contributed by atoms with van der Waals surface area (Å²) in [6.07, 6.45) is 3.74. The Morgan fingerprint density at radius 2 is 1.81 bits per heavy atom. The molecule has 0 aromatic heterocycles. The molecule has 3 saturated heterocycles. The molecule has 6 fully saturated rings. The van der Waals surface area contributed by atoms with Crippen LogP contribution in [0.3, 0.4) is 0 Å². The molecule has 224 valence electrons. The van der Waals surface area contributed by atoms with Crippen LogP contribution in [0.25, 0.3) is 0 Å². The fourth-order valence-corrected chi connectivity index (χ4v) is 7.46. The third-order valence-corrected chi connectivity index (χ3v) is 10.1. The Kier molecular flexibility index (Phi) is 7.55. The summed E-state index contributed by atoms with van der Waals surface area (Å²) in [6, 6.07) is 10.1. The second-order valence-electron chi connectivity index (χ2n) is 12.4. The summed E-state index contributed by atoms with van der Waals surface area (Å²) in [4.78, 5) is 55.7. The van der Waals surface area contributed by atoms with E-state index in [1.165, 1.54) is 9.80 Å². The number of amides is 4. The van der Waals surface area contributed by atoms with E-state index >= 15 is 0 Å². The highest BCUT2D eigenvalue weighted by Gasteiger charge is 2.58. The Bertz CT molecular complexity index is 1250. The molecule has 7 rings (SSSR count). The molecule has 3 unspecified atom stereocenters. The highest BCUT2D eigenvalue weighted by molar-refractivity contribution is 5.89. The van der Waals surface area contributed by atoms with Crippen molar-refractivity contribution in [2.45, 2.75) is 94.6 Å². The number of rotatable bonds is 7. The average molecular weight is 581 g/mol. The van der Waals surface area contributed by atoms with Gasteiger partial charge in [0.15, 0.2) is 0 Å². The molecular weight excluding hydrogens is 543 g/mol. The lowest BCUT2D eigenvalue weighted by molar-refractivity contribution is -0.210. The molecule has 12 heteroatoms. The number of carbonyl (C=O) groups is 4. The number of fused-ring (bicyclic) bond motifs is 5. The van der Waals surface area contributed by atoms with Gasteiger partial charge in [-0.25, -0.2) is 9.18 Å². The molecule has 6 aliphatic rings. The number of hydrogen-bond donors (Lipinski definition) is 1. The monoisotopic (exact) mass is 580 g/mol. The molecule has 3 aliphatic carbocycles. The van der Waals surface area contributed by atoms with Crippen LogP contribution in [0, 0.1) is 16.7 Å². The van der Waals surface area contributed by atoms with Crippen LogP contribution >= 0.6 is 0 Å². The van der Waals surface area contributed by atoms with Crippen LogP contribution in [-0.2, 0) is 25.7 Å². The topological polar surface area (TPSA) is 126 Å². The fraction of sp³-hybridized carbons (Fsp3) is 0.633. The van der Waals surface area contributed by atoms with Crippen LogP contribution in [0.15, 0.2) is 30.3 Å². The van der Waals surface area contributed by atoms with Gasteiger partial charge in [0.2, 0.25) is 11.8 Å². The van der Waals surface area contributed by atoms with Crippen LogP contribution < -0.4 is 5.43 Å². The van der Waals surface area contributed by atoms with E-state index in [1.54, 1.807) is 10.1 Å². The van der Waals surface area contributed by atoms with Crippen molar-refractivity contribution < 1.29 is 28.3 Å². The second kappa shape index (κ2) is 11.2. The predicted octanol–water partition coefficient (Wildman–Crippen LogP) is 2.82. The maximum Gasteiger partial charge on any atom is 0.411 e. The first-order chi connectivity index (χ1) is 20.2. The first-order valence-electron chi connectivity index (χ1n) is 15.0. The number of hydrazine groups is 2. The number of carbonyl (C=O) groups excluding carboxylic acids is 4. The van der Waals surface area contributed by atoms with E-state index in [9.17, 15) is 28.8 Å².